The average Bonchev–Trinajstić information content (AvgIpc) is 2.98. The van der Waals surface area contributed by atoms with Crippen molar-refractivity contribution in [2.75, 3.05) is 0 Å². The van der Waals surface area contributed by atoms with Crippen molar-refractivity contribution in [1.82, 2.24) is 5.01 Å². The average molecular weight is 278 g/mol. The van der Waals surface area contributed by atoms with Gasteiger partial charge in [-0.15, -0.1) is 0 Å². The van der Waals surface area contributed by atoms with Crippen molar-refractivity contribution < 1.29 is 23.1 Å². The molecule has 7 heteroatoms. The van der Waals surface area contributed by atoms with E-state index in [0.29, 0.717) is 17.9 Å². The Labute approximate surface area is 109 Å². The summed E-state index contributed by atoms with van der Waals surface area (Å²) >= 11 is 0. The molecule has 1 N–H and O–H groups in total. The van der Waals surface area contributed by atoms with Crippen molar-refractivity contribution in [3.8, 4) is 0 Å². The van der Waals surface area contributed by atoms with E-state index in [1.54, 1.807) is 20.8 Å². The number of aliphatic hydroxyl groups is 1. The number of carbonyl (C=O) groups excluding carboxylic acids is 1. The van der Waals surface area contributed by atoms with Crippen molar-refractivity contribution >= 4 is 11.6 Å². The van der Waals surface area contributed by atoms with E-state index in [-0.39, 0.29) is 5.92 Å². The highest BCUT2D eigenvalue weighted by Gasteiger charge is 2.58. The van der Waals surface area contributed by atoms with E-state index < -0.39 is 35.4 Å². The Bertz CT molecular complexity index is 435. The molecule has 0 aromatic rings. The van der Waals surface area contributed by atoms with E-state index in [9.17, 15) is 23.1 Å². The quantitative estimate of drug-likeness (QED) is 0.800. The summed E-state index contributed by atoms with van der Waals surface area (Å²) in [4.78, 5) is 12.0. The zero-order valence-electron chi connectivity index (χ0n) is 11.1. The Hall–Kier alpha value is -1.11. The minimum atomic E-state index is -4.63. The molecule has 108 valence electrons. The second-order valence-corrected chi connectivity index (χ2v) is 6.21. The lowest BCUT2D eigenvalue weighted by atomic mass is 9.80. The molecule has 4 nitrogen and oxygen atoms in total. The molecular weight excluding hydrogens is 261 g/mol. The number of rotatable bonds is 1. The summed E-state index contributed by atoms with van der Waals surface area (Å²) in [5.74, 6) is -0.818. The smallest absolute Gasteiger partial charge is 0.368 e. The third kappa shape index (κ3) is 2.35. The first-order valence-corrected chi connectivity index (χ1v) is 6.18. The van der Waals surface area contributed by atoms with Gasteiger partial charge in [-0.05, 0) is 12.8 Å². The van der Waals surface area contributed by atoms with Crippen molar-refractivity contribution in [1.29, 1.82) is 0 Å². The minimum Gasteiger partial charge on any atom is -0.368 e. The summed E-state index contributed by atoms with van der Waals surface area (Å²) in [7, 11) is 0. The maximum Gasteiger partial charge on any atom is 0.431 e. The van der Waals surface area contributed by atoms with Crippen LogP contribution in [0.3, 0.4) is 0 Å². The number of alkyl halides is 3. The molecule has 1 atom stereocenters. The number of halogens is 3. The summed E-state index contributed by atoms with van der Waals surface area (Å²) < 4.78 is 38.3. The number of carbonyl (C=O) groups is 1. The first-order valence-electron chi connectivity index (χ1n) is 6.18. The molecule has 1 aliphatic heterocycles. The monoisotopic (exact) mass is 278 g/mol. The molecule has 19 heavy (non-hydrogen) atoms. The maximum absolute atomic E-state index is 12.8. The molecule has 1 aliphatic carbocycles. The molecule has 1 heterocycles. The Morgan fingerprint density at radius 2 is 1.89 bits per heavy atom. The predicted molar refractivity (Wildman–Crippen MR) is 62.1 cm³/mol. The van der Waals surface area contributed by atoms with Crippen LogP contribution >= 0.6 is 0 Å². The summed E-state index contributed by atoms with van der Waals surface area (Å²) in [5, 5.41) is 14.6. The molecule has 1 amide bonds. The maximum atomic E-state index is 12.8. The molecule has 0 radical (unpaired) electrons. The van der Waals surface area contributed by atoms with E-state index >= 15 is 0 Å². The van der Waals surface area contributed by atoms with Crippen LogP contribution in [0.4, 0.5) is 13.2 Å². The summed E-state index contributed by atoms with van der Waals surface area (Å²) in [6.45, 7) is 4.78. The molecule has 1 saturated carbocycles. The van der Waals surface area contributed by atoms with Crippen LogP contribution in [0, 0.1) is 11.3 Å². The number of nitrogens with zero attached hydrogens (tertiary/aromatic N) is 2. The van der Waals surface area contributed by atoms with Crippen LogP contribution in [0.25, 0.3) is 0 Å². The zero-order valence-corrected chi connectivity index (χ0v) is 11.1. The minimum absolute atomic E-state index is 0.301. The van der Waals surface area contributed by atoms with Crippen LogP contribution in [-0.2, 0) is 4.79 Å². The van der Waals surface area contributed by atoms with Gasteiger partial charge in [-0.1, -0.05) is 20.8 Å². The number of hydrazone groups is 1. The second kappa shape index (κ2) is 3.94. The third-order valence-corrected chi connectivity index (χ3v) is 3.65. The van der Waals surface area contributed by atoms with Gasteiger partial charge in [-0.2, -0.15) is 18.3 Å². The fraction of sp³-hybridized carbons (Fsp3) is 0.833. The Kier molecular flexibility index (Phi) is 2.97. The van der Waals surface area contributed by atoms with E-state index in [0.717, 1.165) is 0 Å². The SMILES string of the molecule is CC(C)(C)C1(O)CC(C(F)(F)F)=NN1C(=O)C1CC1. The fourth-order valence-corrected chi connectivity index (χ4v) is 2.02. The second-order valence-electron chi connectivity index (χ2n) is 6.21. The highest BCUT2D eigenvalue weighted by atomic mass is 19.4. The normalized spacial score (nSPS) is 28.6. The van der Waals surface area contributed by atoms with Crippen LogP contribution < -0.4 is 0 Å². The molecule has 0 saturated heterocycles. The van der Waals surface area contributed by atoms with Crippen molar-refractivity contribution in [2.24, 2.45) is 16.4 Å². The number of hydrogen-bond acceptors (Lipinski definition) is 3. The van der Waals surface area contributed by atoms with Crippen molar-refractivity contribution in [3.63, 3.8) is 0 Å². The third-order valence-electron chi connectivity index (χ3n) is 3.65. The van der Waals surface area contributed by atoms with E-state index in [1.807, 2.05) is 0 Å². The van der Waals surface area contributed by atoms with Crippen LogP contribution in [0.5, 0.6) is 0 Å². The van der Waals surface area contributed by atoms with Crippen LogP contribution in [0.2, 0.25) is 0 Å². The summed E-state index contributed by atoms with van der Waals surface area (Å²) in [6, 6.07) is 0. The van der Waals surface area contributed by atoms with Gasteiger partial charge in [0, 0.05) is 17.8 Å². The highest BCUT2D eigenvalue weighted by molar-refractivity contribution is 5.95. The molecule has 1 unspecified atom stereocenters. The van der Waals surface area contributed by atoms with Gasteiger partial charge in [0.05, 0.1) is 0 Å². The molecule has 2 rings (SSSR count). The topological polar surface area (TPSA) is 52.9 Å². The summed E-state index contributed by atoms with van der Waals surface area (Å²) in [5.41, 5.74) is -3.94. The molecule has 0 aromatic carbocycles. The van der Waals surface area contributed by atoms with Crippen LogP contribution in [0.15, 0.2) is 5.10 Å². The van der Waals surface area contributed by atoms with E-state index in [4.69, 9.17) is 0 Å². The van der Waals surface area contributed by atoms with Gasteiger partial charge in [0.15, 0.2) is 5.72 Å². The molecule has 1 fully saturated rings. The lowest BCUT2D eigenvalue weighted by Gasteiger charge is -2.41. The predicted octanol–water partition coefficient (Wildman–Crippen LogP) is 2.28. The van der Waals surface area contributed by atoms with Gasteiger partial charge < -0.3 is 5.11 Å². The number of amides is 1. The van der Waals surface area contributed by atoms with Gasteiger partial charge in [-0.3, -0.25) is 4.79 Å². The largest absolute Gasteiger partial charge is 0.431 e. The first kappa shape index (κ1) is 14.3. The fourth-order valence-electron chi connectivity index (χ4n) is 2.02. The van der Waals surface area contributed by atoms with Gasteiger partial charge in [0.25, 0.3) is 0 Å². The van der Waals surface area contributed by atoms with Crippen molar-refractivity contribution in [3.05, 3.63) is 0 Å². The van der Waals surface area contributed by atoms with Gasteiger partial charge in [-0.25, -0.2) is 5.01 Å². The Morgan fingerprint density at radius 1 is 1.37 bits per heavy atom. The molecule has 0 aromatic heterocycles. The van der Waals surface area contributed by atoms with Crippen LogP contribution in [-0.4, -0.2) is 33.6 Å². The molecule has 2 aliphatic rings. The first-order chi connectivity index (χ1) is 8.47. The van der Waals surface area contributed by atoms with Gasteiger partial charge in [0.2, 0.25) is 5.91 Å². The standard InChI is InChI=1S/C12H17F3N2O2/c1-10(2,3)11(19)6-8(12(13,14)15)16-17(11)9(18)7-4-5-7/h7,19H,4-6H2,1-3H3. The molecular formula is C12H17F3N2O2. The van der Waals surface area contributed by atoms with E-state index in [2.05, 4.69) is 5.10 Å². The Morgan fingerprint density at radius 3 is 2.26 bits per heavy atom. The van der Waals surface area contributed by atoms with Crippen LogP contribution in [0.1, 0.15) is 40.0 Å². The molecule has 0 spiro atoms. The van der Waals surface area contributed by atoms with Gasteiger partial charge in [0.1, 0.15) is 5.71 Å². The summed E-state index contributed by atoms with van der Waals surface area (Å²) in [6.07, 6.45) is -4.02. The van der Waals surface area contributed by atoms with Gasteiger partial charge >= 0.3 is 6.18 Å². The van der Waals surface area contributed by atoms with E-state index in [1.165, 1.54) is 0 Å². The lowest BCUT2D eigenvalue weighted by Crippen LogP contribution is -2.55. The number of hydrogen-bond donors (Lipinski definition) is 1. The Balaban J connectivity index is 2.37. The zero-order chi connectivity index (χ0) is 14.6. The molecule has 0 bridgehead atoms. The van der Waals surface area contributed by atoms with Crippen molar-refractivity contribution in [2.45, 2.75) is 51.9 Å². The highest BCUT2D eigenvalue weighted by Crippen LogP contribution is 2.45. The lowest BCUT2D eigenvalue weighted by molar-refractivity contribution is -0.183.